The highest BCUT2D eigenvalue weighted by Gasteiger charge is 2.05. The average molecular weight is 309 g/mol. The number of hydrazine groups is 1. The summed E-state index contributed by atoms with van der Waals surface area (Å²) < 4.78 is 6.76. The van der Waals surface area contributed by atoms with E-state index < -0.39 is 0 Å². The van der Waals surface area contributed by atoms with Crippen molar-refractivity contribution >= 4 is 21.7 Å². The molecule has 1 aromatic carbocycles. The van der Waals surface area contributed by atoms with E-state index in [1.807, 2.05) is 26.0 Å². The number of nitrogens with two attached hydrogens (primary N) is 1. The Morgan fingerprint density at radius 2 is 1.83 bits per heavy atom. The van der Waals surface area contributed by atoms with Crippen molar-refractivity contribution in [2.24, 2.45) is 5.84 Å². The molecule has 6 heteroatoms. The van der Waals surface area contributed by atoms with E-state index in [9.17, 15) is 0 Å². The lowest BCUT2D eigenvalue weighted by Crippen LogP contribution is -2.08. The fraction of sp³-hybridized carbons (Fsp3) is 0.167. The zero-order valence-corrected chi connectivity index (χ0v) is 11.7. The minimum Gasteiger partial charge on any atom is -0.439 e. The van der Waals surface area contributed by atoms with Gasteiger partial charge in [-0.25, -0.2) is 15.8 Å². The molecule has 0 aliphatic rings. The Labute approximate surface area is 113 Å². The molecule has 18 heavy (non-hydrogen) atoms. The molecule has 2 aromatic rings. The van der Waals surface area contributed by atoms with E-state index in [1.165, 1.54) is 6.33 Å². The van der Waals surface area contributed by atoms with E-state index in [1.54, 1.807) is 6.07 Å². The molecule has 0 fully saturated rings. The number of nitrogens with one attached hydrogen (secondary N) is 1. The molecule has 0 radical (unpaired) electrons. The van der Waals surface area contributed by atoms with Crippen LogP contribution in [0.1, 0.15) is 11.1 Å². The quantitative estimate of drug-likeness (QED) is 0.673. The average Bonchev–Trinajstić information content (AvgIpc) is 2.36. The summed E-state index contributed by atoms with van der Waals surface area (Å²) in [5.74, 6) is 6.96. The van der Waals surface area contributed by atoms with Crippen LogP contribution in [-0.4, -0.2) is 9.97 Å². The largest absolute Gasteiger partial charge is 0.439 e. The second-order valence-corrected chi connectivity index (χ2v) is 4.65. The second kappa shape index (κ2) is 5.32. The van der Waals surface area contributed by atoms with Crippen LogP contribution in [0.2, 0.25) is 0 Å². The van der Waals surface area contributed by atoms with Crippen molar-refractivity contribution in [1.82, 2.24) is 9.97 Å². The molecule has 0 spiro atoms. The van der Waals surface area contributed by atoms with Gasteiger partial charge in [0.2, 0.25) is 5.88 Å². The first-order chi connectivity index (χ1) is 8.60. The van der Waals surface area contributed by atoms with E-state index in [4.69, 9.17) is 10.6 Å². The van der Waals surface area contributed by atoms with E-state index in [2.05, 4.69) is 31.3 Å². The molecule has 0 unspecified atom stereocenters. The molecule has 3 N–H and O–H groups in total. The molecule has 0 bridgehead atoms. The van der Waals surface area contributed by atoms with Crippen LogP contribution >= 0.6 is 15.9 Å². The number of aromatic nitrogens is 2. The number of halogens is 1. The summed E-state index contributed by atoms with van der Waals surface area (Å²) in [7, 11) is 0. The Morgan fingerprint density at radius 1 is 1.17 bits per heavy atom. The van der Waals surface area contributed by atoms with Crippen LogP contribution in [0.3, 0.4) is 0 Å². The molecule has 1 aromatic heterocycles. The van der Waals surface area contributed by atoms with Gasteiger partial charge in [-0.15, -0.1) is 0 Å². The molecule has 94 valence electrons. The number of hydrogen-bond acceptors (Lipinski definition) is 5. The highest BCUT2D eigenvalue weighted by atomic mass is 79.9. The number of benzene rings is 1. The molecule has 1 heterocycles. The number of nitrogens with zero attached hydrogens (tertiary/aromatic N) is 2. The molecule has 0 atom stereocenters. The van der Waals surface area contributed by atoms with E-state index >= 15 is 0 Å². The number of rotatable bonds is 3. The van der Waals surface area contributed by atoms with E-state index in [0.29, 0.717) is 11.7 Å². The fourth-order valence-corrected chi connectivity index (χ4v) is 1.79. The van der Waals surface area contributed by atoms with Gasteiger partial charge in [0.1, 0.15) is 17.9 Å². The Bertz CT molecular complexity index is 551. The lowest BCUT2D eigenvalue weighted by atomic mass is 10.1. The number of anilines is 1. The van der Waals surface area contributed by atoms with Crippen LogP contribution in [0.4, 0.5) is 5.82 Å². The molecule has 0 aliphatic heterocycles. The topological polar surface area (TPSA) is 73.1 Å². The highest BCUT2D eigenvalue weighted by Crippen LogP contribution is 2.29. The summed E-state index contributed by atoms with van der Waals surface area (Å²) in [5.41, 5.74) is 4.66. The smallest absolute Gasteiger partial charge is 0.224 e. The summed E-state index contributed by atoms with van der Waals surface area (Å²) in [4.78, 5) is 7.94. The maximum Gasteiger partial charge on any atom is 0.224 e. The summed E-state index contributed by atoms with van der Waals surface area (Å²) in [6.07, 6.45) is 1.39. The van der Waals surface area contributed by atoms with Crippen molar-refractivity contribution in [3.05, 3.63) is 40.1 Å². The Morgan fingerprint density at radius 3 is 2.44 bits per heavy atom. The SMILES string of the molecule is Cc1cc(Oc2cc(NN)ncn2)cc(C)c1Br. The predicted octanol–water partition coefficient (Wildman–Crippen LogP) is 2.93. The first kappa shape index (κ1) is 12.8. The van der Waals surface area contributed by atoms with Gasteiger partial charge in [-0.05, 0) is 37.1 Å². The summed E-state index contributed by atoms with van der Waals surface area (Å²) >= 11 is 3.51. The number of aryl methyl sites for hydroxylation is 2. The van der Waals surface area contributed by atoms with E-state index in [0.717, 1.165) is 21.3 Å². The predicted molar refractivity (Wildman–Crippen MR) is 73.5 cm³/mol. The Balaban J connectivity index is 2.28. The summed E-state index contributed by atoms with van der Waals surface area (Å²) in [6.45, 7) is 4.02. The van der Waals surface area contributed by atoms with Crippen molar-refractivity contribution in [3.63, 3.8) is 0 Å². The Kier molecular flexibility index (Phi) is 3.78. The zero-order chi connectivity index (χ0) is 13.1. The molecule has 0 saturated carbocycles. The third kappa shape index (κ3) is 2.77. The third-order valence-electron chi connectivity index (χ3n) is 2.42. The van der Waals surface area contributed by atoms with Gasteiger partial charge < -0.3 is 10.2 Å². The van der Waals surface area contributed by atoms with Gasteiger partial charge in [-0.3, -0.25) is 0 Å². The van der Waals surface area contributed by atoms with Crippen LogP contribution in [0.5, 0.6) is 11.6 Å². The second-order valence-electron chi connectivity index (χ2n) is 3.86. The van der Waals surface area contributed by atoms with Crippen molar-refractivity contribution in [3.8, 4) is 11.6 Å². The van der Waals surface area contributed by atoms with Gasteiger partial charge in [0.05, 0.1) is 0 Å². The molecule has 0 saturated heterocycles. The van der Waals surface area contributed by atoms with Gasteiger partial charge in [0.25, 0.3) is 0 Å². The van der Waals surface area contributed by atoms with Gasteiger partial charge >= 0.3 is 0 Å². The third-order valence-corrected chi connectivity index (χ3v) is 3.67. The lowest BCUT2D eigenvalue weighted by molar-refractivity contribution is 0.461. The van der Waals surface area contributed by atoms with Crippen LogP contribution in [0, 0.1) is 13.8 Å². The zero-order valence-electron chi connectivity index (χ0n) is 10.1. The van der Waals surface area contributed by atoms with Gasteiger partial charge in [-0.2, -0.15) is 0 Å². The number of ether oxygens (including phenoxy) is 1. The molecule has 0 amide bonds. The Hall–Kier alpha value is -1.66. The lowest BCUT2D eigenvalue weighted by Gasteiger charge is -2.09. The molecule has 2 rings (SSSR count). The van der Waals surface area contributed by atoms with Gasteiger partial charge in [0, 0.05) is 10.5 Å². The van der Waals surface area contributed by atoms with Crippen LogP contribution < -0.4 is 16.0 Å². The van der Waals surface area contributed by atoms with Crippen LogP contribution in [-0.2, 0) is 0 Å². The number of hydrogen-bond donors (Lipinski definition) is 2. The van der Waals surface area contributed by atoms with Crippen molar-refractivity contribution in [2.45, 2.75) is 13.8 Å². The number of nitrogen functional groups attached to an aromatic ring is 1. The van der Waals surface area contributed by atoms with Crippen LogP contribution in [0.15, 0.2) is 29.0 Å². The van der Waals surface area contributed by atoms with Gasteiger partial charge in [-0.1, -0.05) is 15.9 Å². The molecule has 0 aliphatic carbocycles. The van der Waals surface area contributed by atoms with Crippen LogP contribution in [0.25, 0.3) is 0 Å². The maximum absolute atomic E-state index is 5.67. The van der Waals surface area contributed by atoms with Crippen molar-refractivity contribution in [2.75, 3.05) is 5.43 Å². The van der Waals surface area contributed by atoms with Crippen molar-refractivity contribution in [1.29, 1.82) is 0 Å². The summed E-state index contributed by atoms with van der Waals surface area (Å²) in [5, 5.41) is 0. The monoisotopic (exact) mass is 308 g/mol. The minimum absolute atomic E-state index is 0.444. The normalized spacial score (nSPS) is 10.2. The first-order valence-corrected chi connectivity index (χ1v) is 6.12. The molecule has 5 nitrogen and oxygen atoms in total. The van der Waals surface area contributed by atoms with Crippen molar-refractivity contribution < 1.29 is 4.74 Å². The van der Waals surface area contributed by atoms with Gasteiger partial charge in [0.15, 0.2) is 0 Å². The molecular formula is C12H13BrN4O. The first-order valence-electron chi connectivity index (χ1n) is 5.33. The van der Waals surface area contributed by atoms with E-state index in [-0.39, 0.29) is 0 Å². The highest BCUT2D eigenvalue weighted by molar-refractivity contribution is 9.10. The fourth-order valence-electron chi connectivity index (χ4n) is 1.56. The standard InChI is InChI=1S/C12H13BrN4O/c1-7-3-9(4-8(2)12(7)13)18-11-5-10(17-14)15-6-16-11/h3-6H,14H2,1-2H3,(H,15,16,17). The maximum atomic E-state index is 5.67. The molecular weight excluding hydrogens is 296 g/mol. The minimum atomic E-state index is 0.444. The summed E-state index contributed by atoms with van der Waals surface area (Å²) in [6, 6.07) is 5.51.